The Labute approximate surface area is 105 Å². The first-order valence-electron chi connectivity index (χ1n) is 5.76. The van der Waals surface area contributed by atoms with Gasteiger partial charge in [-0.3, -0.25) is 0 Å². The van der Waals surface area contributed by atoms with Crippen molar-refractivity contribution < 1.29 is 4.39 Å². The highest BCUT2D eigenvalue weighted by Gasteiger charge is 2.21. The maximum Gasteiger partial charge on any atom is 0.124 e. The molecule has 1 aliphatic rings. The van der Waals surface area contributed by atoms with E-state index in [0.29, 0.717) is 12.0 Å². The quantitative estimate of drug-likeness (QED) is 0.875. The molecule has 1 nitrogen and oxygen atoms in total. The Kier molecular flexibility index (Phi) is 3.65. The van der Waals surface area contributed by atoms with Gasteiger partial charge in [0.2, 0.25) is 0 Å². The largest absolute Gasteiger partial charge is 0.310 e. The van der Waals surface area contributed by atoms with Gasteiger partial charge in [0.1, 0.15) is 5.82 Å². The van der Waals surface area contributed by atoms with E-state index >= 15 is 0 Å². The lowest BCUT2D eigenvalue weighted by Crippen LogP contribution is -2.36. The molecule has 0 amide bonds. The molecule has 16 heavy (non-hydrogen) atoms. The summed E-state index contributed by atoms with van der Waals surface area (Å²) in [7, 11) is 0. The summed E-state index contributed by atoms with van der Waals surface area (Å²) in [5, 5.41) is 3.47. The zero-order valence-corrected chi connectivity index (χ0v) is 11.3. The Bertz CT molecular complexity index is 390. The van der Waals surface area contributed by atoms with E-state index in [4.69, 9.17) is 0 Å². The van der Waals surface area contributed by atoms with Crippen LogP contribution < -0.4 is 5.32 Å². The van der Waals surface area contributed by atoms with Crippen LogP contribution in [0.1, 0.15) is 31.4 Å². The molecule has 0 aromatic heterocycles. The second-order valence-corrected chi connectivity index (χ2v) is 5.79. The van der Waals surface area contributed by atoms with Crippen molar-refractivity contribution in [2.45, 2.75) is 39.3 Å². The van der Waals surface area contributed by atoms with Gasteiger partial charge in [-0.2, -0.15) is 0 Å². The molecule has 1 heterocycles. The van der Waals surface area contributed by atoms with Crippen molar-refractivity contribution in [3.63, 3.8) is 0 Å². The molecule has 0 radical (unpaired) electrons. The lowest BCUT2D eigenvalue weighted by molar-refractivity contribution is 0.396. The van der Waals surface area contributed by atoms with Gasteiger partial charge in [-0.1, -0.05) is 29.8 Å². The summed E-state index contributed by atoms with van der Waals surface area (Å²) in [4.78, 5) is 0. The summed E-state index contributed by atoms with van der Waals surface area (Å²) in [6, 6.07) is 3.73. The fraction of sp³-hybridized carbons (Fsp3) is 0.538. The third-order valence-corrected chi connectivity index (χ3v) is 3.75. The molecule has 0 saturated carbocycles. The zero-order valence-electron chi connectivity index (χ0n) is 9.69. The number of benzene rings is 1. The SMILES string of the molecule is CC(C)CC1Cc2c(Br)cc(F)cc2CN1. The van der Waals surface area contributed by atoms with Crippen molar-refractivity contribution in [1.29, 1.82) is 0 Å². The van der Waals surface area contributed by atoms with Gasteiger partial charge in [0, 0.05) is 17.1 Å². The maximum atomic E-state index is 13.2. The van der Waals surface area contributed by atoms with Gasteiger partial charge in [0.25, 0.3) is 0 Å². The molecule has 0 fully saturated rings. The smallest absolute Gasteiger partial charge is 0.124 e. The van der Waals surface area contributed by atoms with Gasteiger partial charge in [-0.05, 0) is 42.0 Å². The van der Waals surface area contributed by atoms with Gasteiger partial charge in [-0.15, -0.1) is 0 Å². The molecule has 2 rings (SSSR count). The first-order valence-corrected chi connectivity index (χ1v) is 6.55. The predicted molar refractivity (Wildman–Crippen MR) is 67.9 cm³/mol. The molecular formula is C13H17BrFN. The summed E-state index contributed by atoms with van der Waals surface area (Å²) in [6.45, 7) is 5.25. The number of rotatable bonds is 2. The molecule has 0 bridgehead atoms. The fourth-order valence-electron chi connectivity index (χ4n) is 2.35. The Morgan fingerprint density at radius 2 is 2.25 bits per heavy atom. The van der Waals surface area contributed by atoms with E-state index < -0.39 is 0 Å². The first-order chi connectivity index (χ1) is 7.56. The van der Waals surface area contributed by atoms with E-state index in [1.165, 1.54) is 12.0 Å². The molecule has 88 valence electrons. The van der Waals surface area contributed by atoms with Crippen molar-refractivity contribution in [2.24, 2.45) is 5.92 Å². The molecule has 1 unspecified atom stereocenters. The van der Waals surface area contributed by atoms with E-state index in [1.54, 1.807) is 12.1 Å². The normalized spacial score (nSPS) is 19.9. The number of nitrogens with one attached hydrogen (secondary N) is 1. The molecule has 1 aromatic rings. The molecule has 0 saturated heterocycles. The molecule has 1 aromatic carbocycles. The molecule has 0 spiro atoms. The minimum Gasteiger partial charge on any atom is -0.310 e. The van der Waals surface area contributed by atoms with E-state index in [9.17, 15) is 4.39 Å². The second-order valence-electron chi connectivity index (χ2n) is 4.94. The van der Waals surface area contributed by atoms with Gasteiger partial charge in [0.05, 0.1) is 0 Å². The third-order valence-electron chi connectivity index (χ3n) is 3.04. The second kappa shape index (κ2) is 4.84. The number of hydrogen-bond acceptors (Lipinski definition) is 1. The summed E-state index contributed by atoms with van der Waals surface area (Å²) < 4.78 is 14.1. The molecule has 1 aliphatic heterocycles. The summed E-state index contributed by atoms with van der Waals surface area (Å²) in [5.41, 5.74) is 2.36. The Morgan fingerprint density at radius 1 is 1.50 bits per heavy atom. The summed E-state index contributed by atoms with van der Waals surface area (Å²) in [6.07, 6.45) is 2.16. The van der Waals surface area contributed by atoms with Crippen LogP contribution in [-0.4, -0.2) is 6.04 Å². The highest BCUT2D eigenvalue weighted by atomic mass is 79.9. The molecule has 3 heteroatoms. The molecule has 1 N–H and O–H groups in total. The maximum absolute atomic E-state index is 13.2. The Balaban J connectivity index is 2.20. The van der Waals surface area contributed by atoms with Crippen molar-refractivity contribution in [2.75, 3.05) is 0 Å². The van der Waals surface area contributed by atoms with Gasteiger partial charge in [-0.25, -0.2) is 4.39 Å². The van der Waals surface area contributed by atoms with Crippen molar-refractivity contribution >= 4 is 15.9 Å². The van der Waals surface area contributed by atoms with Crippen LogP contribution in [0.2, 0.25) is 0 Å². The van der Waals surface area contributed by atoms with Crippen LogP contribution >= 0.6 is 15.9 Å². The van der Waals surface area contributed by atoms with E-state index in [0.717, 1.165) is 23.0 Å². The topological polar surface area (TPSA) is 12.0 Å². The van der Waals surface area contributed by atoms with Crippen LogP contribution in [0.25, 0.3) is 0 Å². The number of hydrogen-bond donors (Lipinski definition) is 1. The Morgan fingerprint density at radius 3 is 2.94 bits per heavy atom. The van der Waals surface area contributed by atoms with Crippen molar-refractivity contribution in [3.8, 4) is 0 Å². The highest BCUT2D eigenvalue weighted by Crippen LogP contribution is 2.28. The van der Waals surface area contributed by atoms with Crippen LogP contribution in [0, 0.1) is 11.7 Å². The van der Waals surface area contributed by atoms with Gasteiger partial charge in [0.15, 0.2) is 0 Å². The van der Waals surface area contributed by atoms with E-state index in [2.05, 4.69) is 35.1 Å². The lowest BCUT2D eigenvalue weighted by atomic mass is 9.91. The number of fused-ring (bicyclic) bond motifs is 1. The monoisotopic (exact) mass is 285 g/mol. The predicted octanol–water partition coefficient (Wildman–Crippen LogP) is 3.65. The molecular weight excluding hydrogens is 269 g/mol. The van der Waals surface area contributed by atoms with Crippen LogP contribution in [0.3, 0.4) is 0 Å². The van der Waals surface area contributed by atoms with Gasteiger partial charge < -0.3 is 5.32 Å². The van der Waals surface area contributed by atoms with Crippen LogP contribution in [-0.2, 0) is 13.0 Å². The van der Waals surface area contributed by atoms with Crippen LogP contribution in [0.15, 0.2) is 16.6 Å². The van der Waals surface area contributed by atoms with Crippen molar-refractivity contribution in [1.82, 2.24) is 5.32 Å². The van der Waals surface area contributed by atoms with E-state index in [1.807, 2.05) is 0 Å². The van der Waals surface area contributed by atoms with Gasteiger partial charge >= 0.3 is 0 Å². The number of halogens is 2. The zero-order chi connectivity index (χ0) is 11.7. The molecule has 0 aliphatic carbocycles. The average molecular weight is 286 g/mol. The first kappa shape index (κ1) is 12.1. The summed E-state index contributed by atoms with van der Waals surface area (Å²) in [5.74, 6) is 0.535. The minimum absolute atomic E-state index is 0.158. The minimum atomic E-state index is -0.158. The van der Waals surface area contributed by atoms with Crippen LogP contribution in [0.4, 0.5) is 4.39 Å². The third kappa shape index (κ3) is 2.64. The fourth-order valence-corrected chi connectivity index (χ4v) is 2.99. The van der Waals surface area contributed by atoms with E-state index in [-0.39, 0.29) is 5.82 Å². The lowest BCUT2D eigenvalue weighted by Gasteiger charge is -2.28. The Hall–Kier alpha value is -0.410. The van der Waals surface area contributed by atoms with Crippen LogP contribution in [0.5, 0.6) is 0 Å². The standard InChI is InChI=1S/C13H17BrFN/c1-8(2)3-11-6-12-9(7-16-11)4-10(15)5-13(12)14/h4-5,8,11,16H,3,6-7H2,1-2H3. The van der Waals surface area contributed by atoms with Crippen molar-refractivity contribution in [3.05, 3.63) is 33.5 Å². The highest BCUT2D eigenvalue weighted by molar-refractivity contribution is 9.10. The summed E-state index contributed by atoms with van der Waals surface area (Å²) >= 11 is 3.46. The molecule has 1 atom stereocenters. The average Bonchev–Trinajstić information content (AvgIpc) is 2.18.